The Morgan fingerprint density at radius 3 is 3.05 bits per heavy atom. The number of hydrogen-bond acceptors (Lipinski definition) is 3. The van der Waals surface area contributed by atoms with Crippen LogP contribution < -0.4 is 5.56 Å². The smallest absolute Gasteiger partial charge is 0.269 e. The van der Waals surface area contributed by atoms with Gasteiger partial charge in [0.05, 0.1) is 17.2 Å². The van der Waals surface area contributed by atoms with Crippen LogP contribution in [0, 0.1) is 0 Å². The number of benzene rings is 1. The maximum Gasteiger partial charge on any atom is 0.269 e. The minimum absolute atomic E-state index is 0.00153. The summed E-state index contributed by atoms with van der Waals surface area (Å²) in [6, 6.07) is 8.34. The van der Waals surface area contributed by atoms with E-state index in [0.29, 0.717) is 6.04 Å². The molecule has 1 aromatic heterocycles. The van der Waals surface area contributed by atoms with Crippen LogP contribution in [-0.4, -0.2) is 33.6 Å². The molecule has 1 fully saturated rings. The minimum Gasteiger partial charge on any atom is -0.304 e. The predicted molar refractivity (Wildman–Crippen MR) is 76.3 cm³/mol. The summed E-state index contributed by atoms with van der Waals surface area (Å²) in [7, 11) is 0. The molecule has 0 bridgehead atoms. The van der Waals surface area contributed by atoms with Gasteiger partial charge in [-0.05, 0) is 38.1 Å². The lowest BCUT2D eigenvalue weighted by atomic mass is 10.2. The second-order valence-electron chi connectivity index (χ2n) is 5.12. The maximum atomic E-state index is 12.1. The molecule has 2 aromatic rings. The number of likely N-dealkylation sites (N-methyl/N-ethyl adjacent to an activating group) is 1. The Morgan fingerprint density at radius 1 is 1.37 bits per heavy atom. The molecule has 0 spiro atoms. The van der Waals surface area contributed by atoms with Crippen LogP contribution in [0.3, 0.4) is 0 Å². The highest BCUT2D eigenvalue weighted by Gasteiger charge is 2.23. The van der Waals surface area contributed by atoms with Crippen molar-refractivity contribution in [2.24, 2.45) is 0 Å². The Balaban J connectivity index is 2.00. The lowest BCUT2D eigenvalue weighted by Gasteiger charge is -2.24. The molecule has 0 N–H and O–H groups in total. The Hall–Kier alpha value is -1.68. The molecule has 3 rings (SSSR count). The second-order valence-corrected chi connectivity index (χ2v) is 5.12. The van der Waals surface area contributed by atoms with Crippen LogP contribution in [0.4, 0.5) is 0 Å². The molecule has 4 heteroatoms. The second kappa shape index (κ2) is 5.13. The van der Waals surface area contributed by atoms with Crippen molar-refractivity contribution in [2.45, 2.75) is 32.4 Å². The molecule has 0 radical (unpaired) electrons. The van der Waals surface area contributed by atoms with Gasteiger partial charge in [-0.2, -0.15) is 0 Å². The summed E-state index contributed by atoms with van der Waals surface area (Å²) < 4.78 is 1.88. The molecule has 0 saturated carbocycles. The van der Waals surface area contributed by atoms with Crippen LogP contribution in [-0.2, 0) is 6.54 Å². The third-order valence-electron chi connectivity index (χ3n) is 4.05. The molecule has 1 unspecified atom stereocenters. The van der Waals surface area contributed by atoms with E-state index >= 15 is 0 Å². The Kier molecular flexibility index (Phi) is 3.34. The first kappa shape index (κ1) is 12.4. The van der Waals surface area contributed by atoms with Gasteiger partial charge in [-0.1, -0.05) is 19.1 Å². The zero-order chi connectivity index (χ0) is 13.2. The average Bonchev–Trinajstić information content (AvgIpc) is 2.89. The molecule has 100 valence electrons. The maximum absolute atomic E-state index is 12.1. The predicted octanol–water partition coefficient (Wildman–Crippen LogP) is 1.88. The highest BCUT2D eigenvalue weighted by Crippen LogP contribution is 2.19. The lowest BCUT2D eigenvalue weighted by Crippen LogP contribution is -2.36. The molecule has 1 aromatic carbocycles. The molecule has 4 nitrogen and oxygen atoms in total. The van der Waals surface area contributed by atoms with Crippen LogP contribution in [0.15, 0.2) is 35.3 Å². The molecular weight excluding hydrogens is 238 g/mol. The number of nitrogens with zero attached hydrogens (tertiary/aromatic N) is 3. The summed E-state index contributed by atoms with van der Waals surface area (Å²) in [5.74, 6) is 0. The highest BCUT2D eigenvalue weighted by atomic mass is 16.1. The largest absolute Gasteiger partial charge is 0.304 e. The first-order valence-corrected chi connectivity index (χ1v) is 6.98. The van der Waals surface area contributed by atoms with E-state index in [1.54, 1.807) is 0 Å². The molecule has 0 amide bonds. The van der Waals surface area contributed by atoms with E-state index in [2.05, 4.69) is 16.8 Å². The van der Waals surface area contributed by atoms with Gasteiger partial charge in [-0.15, -0.1) is 0 Å². The van der Waals surface area contributed by atoms with Crippen molar-refractivity contribution in [1.29, 1.82) is 0 Å². The molecule has 1 saturated heterocycles. The standard InChI is InChI=1S/C15H19N3O/c1-2-17-9-5-6-12(17)11-18-14-8-4-3-7-13(14)16-10-15(18)19/h3-4,7-8,10,12H,2,5-6,9,11H2,1H3. The van der Waals surface area contributed by atoms with Gasteiger partial charge in [0.25, 0.3) is 5.56 Å². The van der Waals surface area contributed by atoms with Gasteiger partial charge in [0.1, 0.15) is 0 Å². The van der Waals surface area contributed by atoms with E-state index in [9.17, 15) is 4.79 Å². The summed E-state index contributed by atoms with van der Waals surface area (Å²) in [6.45, 7) is 5.17. The Labute approximate surface area is 112 Å². The number of likely N-dealkylation sites (tertiary alicyclic amines) is 1. The van der Waals surface area contributed by atoms with Crippen LogP contribution in [0.1, 0.15) is 19.8 Å². The lowest BCUT2D eigenvalue weighted by molar-refractivity contribution is 0.244. The minimum atomic E-state index is 0.00153. The van der Waals surface area contributed by atoms with E-state index < -0.39 is 0 Å². The monoisotopic (exact) mass is 257 g/mol. The number of rotatable bonds is 3. The van der Waals surface area contributed by atoms with Gasteiger partial charge in [0, 0.05) is 12.6 Å². The van der Waals surface area contributed by atoms with Crippen molar-refractivity contribution in [3.05, 3.63) is 40.8 Å². The molecule has 1 aliphatic rings. The quantitative estimate of drug-likeness (QED) is 0.842. The van der Waals surface area contributed by atoms with Gasteiger partial charge in [0.2, 0.25) is 0 Å². The fraction of sp³-hybridized carbons (Fsp3) is 0.467. The van der Waals surface area contributed by atoms with Crippen molar-refractivity contribution in [2.75, 3.05) is 13.1 Å². The van der Waals surface area contributed by atoms with Crippen molar-refractivity contribution >= 4 is 11.0 Å². The van der Waals surface area contributed by atoms with Crippen molar-refractivity contribution < 1.29 is 0 Å². The highest BCUT2D eigenvalue weighted by molar-refractivity contribution is 5.74. The van der Waals surface area contributed by atoms with Crippen molar-refractivity contribution in [3.8, 4) is 0 Å². The fourth-order valence-electron chi connectivity index (χ4n) is 3.03. The average molecular weight is 257 g/mol. The number of aromatic nitrogens is 2. The summed E-state index contributed by atoms with van der Waals surface area (Å²) in [5.41, 5.74) is 1.84. The molecule has 1 atom stereocenters. The van der Waals surface area contributed by atoms with Crippen LogP contribution in [0.25, 0.3) is 11.0 Å². The Bertz CT molecular complexity index is 635. The fourth-order valence-corrected chi connectivity index (χ4v) is 3.03. The number of hydrogen-bond donors (Lipinski definition) is 0. The third kappa shape index (κ3) is 2.28. The van der Waals surface area contributed by atoms with Crippen LogP contribution in [0.5, 0.6) is 0 Å². The van der Waals surface area contributed by atoms with Gasteiger partial charge < -0.3 is 4.57 Å². The van der Waals surface area contributed by atoms with Crippen molar-refractivity contribution in [1.82, 2.24) is 14.5 Å². The molecular formula is C15H19N3O. The van der Waals surface area contributed by atoms with Gasteiger partial charge in [-0.3, -0.25) is 9.69 Å². The van der Waals surface area contributed by atoms with Gasteiger partial charge in [0.15, 0.2) is 0 Å². The Morgan fingerprint density at radius 2 is 2.21 bits per heavy atom. The van der Waals surface area contributed by atoms with Crippen LogP contribution in [0.2, 0.25) is 0 Å². The first-order valence-electron chi connectivity index (χ1n) is 6.98. The molecule has 19 heavy (non-hydrogen) atoms. The molecule has 2 heterocycles. The van der Waals surface area contributed by atoms with Crippen LogP contribution >= 0.6 is 0 Å². The number of para-hydroxylation sites is 2. The van der Waals surface area contributed by atoms with Crippen molar-refractivity contribution in [3.63, 3.8) is 0 Å². The summed E-state index contributed by atoms with van der Waals surface area (Å²) in [4.78, 5) is 18.8. The summed E-state index contributed by atoms with van der Waals surface area (Å²) >= 11 is 0. The molecule has 1 aliphatic heterocycles. The number of fused-ring (bicyclic) bond motifs is 1. The topological polar surface area (TPSA) is 38.1 Å². The van der Waals surface area contributed by atoms with E-state index in [1.165, 1.54) is 19.0 Å². The van der Waals surface area contributed by atoms with E-state index in [-0.39, 0.29) is 5.56 Å². The SMILES string of the molecule is CCN1CCCC1Cn1c(=O)cnc2ccccc21. The first-order chi connectivity index (χ1) is 9.29. The van der Waals surface area contributed by atoms with E-state index in [1.807, 2.05) is 28.8 Å². The molecule has 0 aliphatic carbocycles. The normalized spacial score (nSPS) is 20.2. The van der Waals surface area contributed by atoms with Gasteiger partial charge >= 0.3 is 0 Å². The third-order valence-corrected chi connectivity index (χ3v) is 4.05. The summed E-state index contributed by atoms with van der Waals surface area (Å²) in [6.07, 6.45) is 3.85. The van der Waals surface area contributed by atoms with E-state index in [4.69, 9.17) is 0 Å². The summed E-state index contributed by atoms with van der Waals surface area (Å²) in [5, 5.41) is 0. The zero-order valence-corrected chi connectivity index (χ0v) is 11.2. The van der Waals surface area contributed by atoms with Gasteiger partial charge in [-0.25, -0.2) is 4.98 Å². The van der Waals surface area contributed by atoms with E-state index in [0.717, 1.165) is 30.7 Å². The zero-order valence-electron chi connectivity index (χ0n) is 11.2.